The van der Waals surface area contributed by atoms with Gasteiger partial charge in [-0.25, -0.2) is 0 Å². The highest BCUT2D eigenvalue weighted by Crippen LogP contribution is 2.19. The number of benzene rings is 1. The summed E-state index contributed by atoms with van der Waals surface area (Å²) in [6, 6.07) is 7.29. The molecule has 0 aliphatic carbocycles. The molecular weight excluding hydrogens is 256 g/mol. The third-order valence-electron chi connectivity index (χ3n) is 3.60. The van der Waals surface area contributed by atoms with Crippen LogP contribution in [0.25, 0.3) is 0 Å². The first kappa shape index (κ1) is 14.8. The van der Waals surface area contributed by atoms with Crippen LogP contribution in [-0.4, -0.2) is 38.8 Å². The van der Waals surface area contributed by atoms with Crippen LogP contribution in [0.2, 0.25) is 0 Å². The molecule has 1 aromatic carbocycles. The van der Waals surface area contributed by atoms with Gasteiger partial charge in [0.2, 0.25) is 5.91 Å². The zero-order valence-electron chi connectivity index (χ0n) is 12.0. The summed E-state index contributed by atoms with van der Waals surface area (Å²) in [5.74, 6) is 1.24. The zero-order valence-corrected chi connectivity index (χ0v) is 12.0. The van der Waals surface area contributed by atoms with E-state index in [1.165, 1.54) is 0 Å². The van der Waals surface area contributed by atoms with Crippen LogP contribution < -0.4 is 15.4 Å². The second kappa shape index (κ2) is 7.26. The highest BCUT2D eigenvalue weighted by atomic mass is 16.5. The predicted octanol–water partition coefficient (Wildman–Crippen LogP) is 1.65. The number of carbonyl (C=O) groups excluding carboxylic acids is 1. The van der Waals surface area contributed by atoms with E-state index >= 15 is 0 Å². The number of hydrogen-bond donors (Lipinski definition) is 2. The van der Waals surface area contributed by atoms with Crippen LogP contribution in [0, 0.1) is 5.92 Å². The Kier molecular flexibility index (Phi) is 5.38. The third-order valence-corrected chi connectivity index (χ3v) is 3.60. The van der Waals surface area contributed by atoms with E-state index in [9.17, 15) is 4.79 Å². The van der Waals surface area contributed by atoms with E-state index in [1.807, 2.05) is 24.3 Å². The standard InChI is InChI=1S/C15H22N2O3/c1-11-12(7-8-20-11)9-16-10-15(18)17-13-3-5-14(19-2)6-4-13/h3-6,11-12,16H,7-10H2,1-2H3,(H,17,18). The van der Waals surface area contributed by atoms with Gasteiger partial charge in [0, 0.05) is 18.8 Å². The number of nitrogens with one attached hydrogen (secondary N) is 2. The summed E-state index contributed by atoms with van der Waals surface area (Å²) in [4.78, 5) is 11.8. The molecule has 1 aromatic rings. The van der Waals surface area contributed by atoms with Gasteiger partial charge in [-0.15, -0.1) is 0 Å². The zero-order chi connectivity index (χ0) is 14.4. The molecule has 2 rings (SSSR count). The van der Waals surface area contributed by atoms with Crippen molar-refractivity contribution in [2.75, 3.05) is 32.1 Å². The smallest absolute Gasteiger partial charge is 0.238 e. The van der Waals surface area contributed by atoms with Crippen molar-refractivity contribution in [3.63, 3.8) is 0 Å². The Morgan fingerprint density at radius 1 is 1.40 bits per heavy atom. The minimum atomic E-state index is -0.0401. The Bertz CT molecular complexity index is 433. The first-order valence-electron chi connectivity index (χ1n) is 6.95. The Hall–Kier alpha value is -1.59. The minimum absolute atomic E-state index is 0.0401. The maximum atomic E-state index is 11.8. The average molecular weight is 278 g/mol. The molecule has 1 aliphatic heterocycles. The fraction of sp³-hybridized carbons (Fsp3) is 0.533. The Labute approximate surface area is 119 Å². The van der Waals surface area contributed by atoms with Crippen LogP contribution >= 0.6 is 0 Å². The van der Waals surface area contributed by atoms with Gasteiger partial charge in [-0.3, -0.25) is 4.79 Å². The molecule has 1 amide bonds. The van der Waals surface area contributed by atoms with Crippen LogP contribution in [-0.2, 0) is 9.53 Å². The van der Waals surface area contributed by atoms with Crippen molar-refractivity contribution >= 4 is 11.6 Å². The summed E-state index contributed by atoms with van der Waals surface area (Å²) in [7, 11) is 1.62. The highest BCUT2D eigenvalue weighted by molar-refractivity contribution is 5.92. The predicted molar refractivity (Wildman–Crippen MR) is 78.0 cm³/mol. The number of rotatable bonds is 6. The molecule has 2 N–H and O–H groups in total. The largest absolute Gasteiger partial charge is 0.497 e. The van der Waals surface area contributed by atoms with Gasteiger partial charge in [0.15, 0.2) is 0 Å². The van der Waals surface area contributed by atoms with Gasteiger partial charge in [0.1, 0.15) is 5.75 Å². The van der Waals surface area contributed by atoms with E-state index < -0.39 is 0 Å². The van der Waals surface area contributed by atoms with Gasteiger partial charge in [-0.2, -0.15) is 0 Å². The monoisotopic (exact) mass is 278 g/mol. The number of ether oxygens (including phenoxy) is 2. The first-order chi connectivity index (χ1) is 9.69. The normalized spacial score (nSPS) is 21.7. The molecule has 110 valence electrons. The molecule has 1 saturated heterocycles. The molecular formula is C15H22N2O3. The Balaban J connectivity index is 1.69. The average Bonchev–Trinajstić information content (AvgIpc) is 2.85. The molecule has 1 aliphatic rings. The number of hydrogen-bond acceptors (Lipinski definition) is 4. The van der Waals surface area contributed by atoms with Gasteiger partial charge >= 0.3 is 0 Å². The van der Waals surface area contributed by atoms with Crippen molar-refractivity contribution in [3.05, 3.63) is 24.3 Å². The lowest BCUT2D eigenvalue weighted by atomic mass is 10.0. The highest BCUT2D eigenvalue weighted by Gasteiger charge is 2.23. The fourth-order valence-corrected chi connectivity index (χ4v) is 2.29. The van der Waals surface area contributed by atoms with Crippen LogP contribution in [0.15, 0.2) is 24.3 Å². The van der Waals surface area contributed by atoms with E-state index in [4.69, 9.17) is 9.47 Å². The SMILES string of the molecule is COc1ccc(NC(=O)CNCC2CCOC2C)cc1. The van der Waals surface area contributed by atoms with Gasteiger partial charge < -0.3 is 20.1 Å². The van der Waals surface area contributed by atoms with Crippen LogP contribution in [0.4, 0.5) is 5.69 Å². The summed E-state index contributed by atoms with van der Waals surface area (Å²) in [5.41, 5.74) is 0.773. The van der Waals surface area contributed by atoms with Crippen molar-refractivity contribution in [3.8, 4) is 5.75 Å². The molecule has 0 bridgehead atoms. The molecule has 0 saturated carbocycles. The quantitative estimate of drug-likeness (QED) is 0.830. The van der Waals surface area contributed by atoms with Crippen molar-refractivity contribution < 1.29 is 14.3 Å². The number of methoxy groups -OCH3 is 1. The molecule has 2 atom stereocenters. The number of anilines is 1. The fourth-order valence-electron chi connectivity index (χ4n) is 2.29. The molecule has 0 radical (unpaired) electrons. The van der Waals surface area contributed by atoms with E-state index in [0.717, 1.165) is 31.0 Å². The lowest BCUT2D eigenvalue weighted by Crippen LogP contribution is -2.33. The maximum absolute atomic E-state index is 11.8. The van der Waals surface area contributed by atoms with Gasteiger partial charge in [-0.05, 0) is 43.5 Å². The molecule has 0 spiro atoms. The summed E-state index contributed by atoms with van der Waals surface area (Å²) >= 11 is 0. The van der Waals surface area contributed by atoms with E-state index in [1.54, 1.807) is 7.11 Å². The molecule has 1 fully saturated rings. The summed E-state index contributed by atoms with van der Waals surface area (Å²) in [5, 5.41) is 6.03. The van der Waals surface area contributed by atoms with Crippen LogP contribution in [0.1, 0.15) is 13.3 Å². The summed E-state index contributed by atoms with van der Waals surface area (Å²) < 4.78 is 10.6. The first-order valence-corrected chi connectivity index (χ1v) is 6.95. The number of carbonyl (C=O) groups is 1. The molecule has 20 heavy (non-hydrogen) atoms. The lowest BCUT2D eigenvalue weighted by molar-refractivity contribution is -0.115. The summed E-state index contributed by atoms with van der Waals surface area (Å²) in [6.07, 6.45) is 1.35. The van der Waals surface area contributed by atoms with Crippen molar-refractivity contribution in [2.45, 2.75) is 19.4 Å². The molecule has 5 nitrogen and oxygen atoms in total. The second-order valence-electron chi connectivity index (χ2n) is 5.03. The van der Waals surface area contributed by atoms with Crippen LogP contribution in [0.3, 0.4) is 0 Å². The van der Waals surface area contributed by atoms with Gasteiger partial charge in [0.25, 0.3) is 0 Å². The maximum Gasteiger partial charge on any atom is 0.238 e. The van der Waals surface area contributed by atoms with Gasteiger partial charge in [-0.1, -0.05) is 0 Å². The molecule has 0 aromatic heterocycles. The Morgan fingerprint density at radius 2 is 2.15 bits per heavy atom. The van der Waals surface area contributed by atoms with Crippen molar-refractivity contribution in [1.29, 1.82) is 0 Å². The van der Waals surface area contributed by atoms with E-state index in [-0.39, 0.29) is 12.0 Å². The Morgan fingerprint density at radius 3 is 2.75 bits per heavy atom. The minimum Gasteiger partial charge on any atom is -0.497 e. The molecule has 1 heterocycles. The third kappa shape index (κ3) is 4.21. The van der Waals surface area contributed by atoms with Crippen molar-refractivity contribution in [2.24, 2.45) is 5.92 Å². The summed E-state index contributed by atoms with van der Waals surface area (Å²) in [6.45, 7) is 4.04. The molecule has 5 heteroatoms. The lowest BCUT2D eigenvalue weighted by Gasteiger charge is -2.14. The van der Waals surface area contributed by atoms with Crippen molar-refractivity contribution in [1.82, 2.24) is 5.32 Å². The topological polar surface area (TPSA) is 59.6 Å². The van der Waals surface area contributed by atoms with Gasteiger partial charge in [0.05, 0.1) is 19.8 Å². The van der Waals surface area contributed by atoms with Crippen LogP contribution in [0.5, 0.6) is 5.75 Å². The molecule has 2 unspecified atom stereocenters. The van der Waals surface area contributed by atoms with E-state index in [0.29, 0.717) is 12.5 Å². The second-order valence-corrected chi connectivity index (χ2v) is 5.03. The number of amides is 1. The van der Waals surface area contributed by atoms with E-state index in [2.05, 4.69) is 17.6 Å².